The molecule has 24 heavy (non-hydrogen) atoms. The summed E-state index contributed by atoms with van der Waals surface area (Å²) in [7, 11) is -3.33. The Morgan fingerprint density at radius 1 is 1.33 bits per heavy atom. The predicted octanol–water partition coefficient (Wildman–Crippen LogP) is 1.24. The fourth-order valence-electron chi connectivity index (χ4n) is 1.87. The van der Waals surface area contributed by atoms with Crippen molar-refractivity contribution in [2.45, 2.75) is 24.4 Å². The van der Waals surface area contributed by atoms with Gasteiger partial charge in [0.05, 0.1) is 10.9 Å². The number of ether oxygens (including phenoxy) is 1. The van der Waals surface area contributed by atoms with Gasteiger partial charge in [0.1, 0.15) is 5.75 Å². The molecule has 1 aromatic carbocycles. The number of nitrogens with two attached hydrogens (primary N) is 1. The van der Waals surface area contributed by atoms with Gasteiger partial charge in [0.15, 0.2) is 9.84 Å². The Labute approximate surface area is 140 Å². The predicted molar refractivity (Wildman–Crippen MR) is 89.4 cm³/mol. The Balaban J connectivity index is 2.20. The number of aromatic nitrogens is 1. The highest BCUT2D eigenvalue weighted by atomic mass is 32.2. The van der Waals surface area contributed by atoms with Crippen molar-refractivity contribution in [3.63, 3.8) is 0 Å². The van der Waals surface area contributed by atoms with Gasteiger partial charge in [-0.3, -0.25) is 4.79 Å². The lowest BCUT2D eigenvalue weighted by Crippen LogP contribution is -2.37. The molecule has 3 N–H and O–H groups in total. The third kappa shape index (κ3) is 4.77. The Morgan fingerprint density at radius 2 is 2.08 bits per heavy atom. The van der Waals surface area contributed by atoms with Gasteiger partial charge in [-0.15, -0.1) is 0 Å². The van der Waals surface area contributed by atoms with Crippen LogP contribution in [-0.4, -0.2) is 31.6 Å². The Kier molecular flexibility index (Phi) is 5.53. The van der Waals surface area contributed by atoms with Crippen molar-refractivity contribution < 1.29 is 17.9 Å². The largest absolute Gasteiger partial charge is 0.439 e. The zero-order valence-corrected chi connectivity index (χ0v) is 14.2. The average molecular weight is 349 g/mol. The molecule has 2 rings (SSSR count). The van der Waals surface area contributed by atoms with Crippen molar-refractivity contribution in [3.8, 4) is 11.6 Å². The summed E-state index contributed by atoms with van der Waals surface area (Å²) in [6, 6.07) is 8.99. The highest BCUT2D eigenvalue weighted by Gasteiger charge is 2.12. The van der Waals surface area contributed by atoms with E-state index in [-0.39, 0.29) is 23.2 Å². The third-order valence-electron chi connectivity index (χ3n) is 3.16. The summed E-state index contributed by atoms with van der Waals surface area (Å²) in [6.07, 6.45) is 2.68. The van der Waals surface area contributed by atoms with Gasteiger partial charge in [-0.2, -0.15) is 0 Å². The summed E-state index contributed by atoms with van der Waals surface area (Å²) >= 11 is 0. The molecule has 1 aromatic heterocycles. The van der Waals surface area contributed by atoms with Crippen LogP contribution in [0.5, 0.6) is 11.6 Å². The topological polar surface area (TPSA) is 111 Å². The van der Waals surface area contributed by atoms with E-state index in [2.05, 4.69) is 10.3 Å². The standard InChI is InChI=1S/C16H19N3O4S/c1-11(17)15(20)19-10-12-5-4-8-18-16(12)23-13-6-3-7-14(9-13)24(2,21)22/h3-9,11H,10,17H2,1-2H3,(H,19,20). The van der Waals surface area contributed by atoms with E-state index < -0.39 is 15.9 Å². The number of hydrogen-bond acceptors (Lipinski definition) is 6. The maximum Gasteiger partial charge on any atom is 0.236 e. The molecule has 0 fully saturated rings. The van der Waals surface area contributed by atoms with Gasteiger partial charge in [0.25, 0.3) is 0 Å². The van der Waals surface area contributed by atoms with Crippen LogP contribution in [0.3, 0.4) is 0 Å². The number of nitrogens with zero attached hydrogens (tertiary/aromatic N) is 1. The van der Waals surface area contributed by atoms with E-state index in [1.54, 1.807) is 37.4 Å². The minimum Gasteiger partial charge on any atom is -0.439 e. The summed E-state index contributed by atoms with van der Waals surface area (Å²) in [5.41, 5.74) is 6.15. The lowest BCUT2D eigenvalue weighted by atomic mass is 10.2. The molecule has 0 aliphatic carbocycles. The highest BCUT2D eigenvalue weighted by Crippen LogP contribution is 2.25. The van der Waals surface area contributed by atoms with Crippen molar-refractivity contribution in [3.05, 3.63) is 48.2 Å². The minimum atomic E-state index is -3.33. The molecule has 0 bridgehead atoms. The quantitative estimate of drug-likeness (QED) is 0.811. The lowest BCUT2D eigenvalue weighted by Gasteiger charge is -2.12. The van der Waals surface area contributed by atoms with E-state index in [1.807, 2.05) is 0 Å². The fraction of sp³-hybridized carbons (Fsp3) is 0.250. The summed E-state index contributed by atoms with van der Waals surface area (Å²) in [4.78, 5) is 15.9. The molecule has 0 spiro atoms. The zero-order chi connectivity index (χ0) is 17.7. The van der Waals surface area contributed by atoms with Crippen LogP contribution in [0.15, 0.2) is 47.5 Å². The molecule has 1 atom stereocenters. The van der Waals surface area contributed by atoms with Gasteiger partial charge < -0.3 is 15.8 Å². The molecule has 1 amide bonds. The molecule has 7 nitrogen and oxygen atoms in total. The molecular formula is C16H19N3O4S. The smallest absolute Gasteiger partial charge is 0.236 e. The first-order chi connectivity index (χ1) is 11.3. The second-order valence-electron chi connectivity index (χ2n) is 5.32. The van der Waals surface area contributed by atoms with Crippen LogP contribution in [0.2, 0.25) is 0 Å². The van der Waals surface area contributed by atoms with Gasteiger partial charge >= 0.3 is 0 Å². The summed E-state index contributed by atoms with van der Waals surface area (Å²) in [5, 5.41) is 2.68. The fourth-order valence-corrected chi connectivity index (χ4v) is 2.53. The van der Waals surface area contributed by atoms with Crippen molar-refractivity contribution in [1.29, 1.82) is 0 Å². The molecule has 1 unspecified atom stereocenters. The van der Waals surface area contributed by atoms with Crippen LogP contribution in [-0.2, 0) is 21.2 Å². The lowest BCUT2D eigenvalue weighted by molar-refractivity contribution is -0.122. The number of rotatable bonds is 6. The van der Waals surface area contributed by atoms with E-state index in [0.717, 1.165) is 6.26 Å². The summed E-state index contributed by atoms with van der Waals surface area (Å²) in [6.45, 7) is 1.79. The van der Waals surface area contributed by atoms with Crippen LogP contribution in [0.1, 0.15) is 12.5 Å². The maximum atomic E-state index is 11.6. The van der Waals surface area contributed by atoms with Crippen molar-refractivity contribution in [1.82, 2.24) is 10.3 Å². The molecule has 0 saturated carbocycles. The van der Waals surface area contributed by atoms with Gasteiger partial charge in [-0.25, -0.2) is 13.4 Å². The molecule has 0 saturated heterocycles. The van der Waals surface area contributed by atoms with Crippen LogP contribution < -0.4 is 15.8 Å². The first-order valence-electron chi connectivity index (χ1n) is 7.22. The first-order valence-corrected chi connectivity index (χ1v) is 9.11. The first kappa shape index (κ1) is 17.9. The van der Waals surface area contributed by atoms with Gasteiger partial charge in [-0.05, 0) is 31.2 Å². The van der Waals surface area contributed by atoms with E-state index >= 15 is 0 Å². The maximum absolute atomic E-state index is 11.6. The highest BCUT2D eigenvalue weighted by molar-refractivity contribution is 7.90. The third-order valence-corrected chi connectivity index (χ3v) is 4.28. The van der Waals surface area contributed by atoms with Crippen LogP contribution in [0, 0.1) is 0 Å². The number of sulfone groups is 1. The molecule has 1 heterocycles. The van der Waals surface area contributed by atoms with Crippen molar-refractivity contribution >= 4 is 15.7 Å². The number of nitrogens with one attached hydrogen (secondary N) is 1. The number of hydrogen-bond donors (Lipinski definition) is 2. The number of benzene rings is 1. The second-order valence-corrected chi connectivity index (χ2v) is 7.34. The molecule has 0 aliphatic heterocycles. The zero-order valence-electron chi connectivity index (χ0n) is 13.4. The minimum absolute atomic E-state index is 0.155. The number of pyridine rings is 1. The summed E-state index contributed by atoms with van der Waals surface area (Å²) in [5.74, 6) is 0.341. The summed E-state index contributed by atoms with van der Waals surface area (Å²) < 4.78 is 28.9. The number of amides is 1. The normalized spacial score (nSPS) is 12.5. The molecule has 8 heteroatoms. The Morgan fingerprint density at radius 3 is 2.75 bits per heavy atom. The molecule has 2 aromatic rings. The Bertz CT molecular complexity index is 835. The van der Waals surface area contributed by atoms with Gasteiger partial charge in [0, 0.05) is 24.6 Å². The van der Waals surface area contributed by atoms with E-state index in [1.165, 1.54) is 12.1 Å². The van der Waals surface area contributed by atoms with Crippen LogP contribution in [0.4, 0.5) is 0 Å². The number of carbonyl (C=O) groups is 1. The molecule has 0 aliphatic rings. The second kappa shape index (κ2) is 7.41. The van der Waals surface area contributed by atoms with E-state index in [0.29, 0.717) is 11.3 Å². The van der Waals surface area contributed by atoms with Crippen molar-refractivity contribution in [2.24, 2.45) is 5.73 Å². The SMILES string of the molecule is CC(N)C(=O)NCc1cccnc1Oc1cccc(S(C)(=O)=O)c1. The molecule has 128 valence electrons. The van der Waals surface area contributed by atoms with E-state index in [4.69, 9.17) is 10.5 Å². The van der Waals surface area contributed by atoms with Crippen LogP contribution in [0.25, 0.3) is 0 Å². The van der Waals surface area contributed by atoms with Gasteiger partial charge in [0.2, 0.25) is 11.8 Å². The average Bonchev–Trinajstić information content (AvgIpc) is 2.53. The van der Waals surface area contributed by atoms with Gasteiger partial charge in [-0.1, -0.05) is 12.1 Å². The monoisotopic (exact) mass is 349 g/mol. The van der Waals surface area contributed by atoms with E-state index in [9.17, 15) is 13.2 Å². The molecular weight excluding hydrogens is 330 g/mol. The van der Waals surface area contributed by atoms with Crippen molar-refractivity contribution in [2.75, 3.05) is 6.26 Å². The Hall–Kier alpha value is -2.45. The number of carbonyl (C=O) groups excluding carboxylic acids is 1. The molecule has 0 radical (unpaired) electrons. The van der Waals surface area contributed by atoms with Crippen LogP contribution >= 0.6 is 0 Å².